The minimum atomic E-state index is -3.79. The smallest absolute Gasteiger partial charge is 0.243 e. The quantitative estimate of drug-likeness (QED) is 0.611. The van der Waals surface area contributed by atoms with Crippen LogP contribution in [0, 0.1) is 11.7 Å². The molecule has 34 heavy (non-hydrogen) atoms. The number of rotatable bonds is 6. The van der Waals surface area contributed by atoms with Crippen molar-refractivity contribution in [2.24, 2.45) is 5.92 Å². The van der Waals surface area contributed by atoms with E-state index in [0.29, 0.717) is 11.5 Å². The molecule has 0 N–H and O–H groups in total. The van der Waals surface area contributed by atoms with E-state index in [0.717, 1.165) is 0 Å². The molecule has 0 bridgehead atoms. The molecule has 0 saturated carbocycles. The molecule has 2 amide bonds. The molecular weight excluding hydrogens is 465 g/mol. The zero-order chi connectivity index (χ0) is 24.5. The van der Waals surface area contributed by atoms with Crippen LogP contribution in [-0.2, 0) is 19.6 Å². The van der Waals surface area contributed by atoms with Gasteiger partial charge in [-0.2, -0.15) is 4.31 Å². The third-order valence-corrected chi connectivity index (χ3v) is 8.06. The zero-order valence-corrected chi connectivity index (χ0v) is 19.8. The summed E-state index contributed by atoms with van der Waals surface area (Å²) in [5, 5.41) is 0. The lowest BCUT2D eigenvalue weighted by molar-refractivity contribution is -0.136. The molecule has 2 aliphatic heterocycles. The van der Waals surface area contributed by atoms with E-state index >= 15 is 0 Å². The SMILES string of the molecule is COc1ccc(S(=O)(=O)N2CCN(C(=O)C3CC(=O)N(c4ccccc4F)C3)CC2)cc1OC. The van der Waals surface area contributed by atoms with Crippen molar-refractivity contribution in [2.75, 3.05) is 51.8 Å². The molecule has 11 heteroatoms. The van der Waals surface area contributed by atoms with Crippen molar-refractivity contribution < 1.29 is 31.9 Å². The number of anilines is 1. The molecule has 2 heterocycles. The first-order valence-corrected chi connectivity index (χ1v) is 12.3. The number of ether oxygens (including phenoxy) is 2. The first kappa shape index (κ1) is 24.0. The van der Waals surface area contributed by atoms with Gasteiger partial charge in [-0.1, -0.05) is 12.1 Å². The normalized spacial score (nSPS) is 19.4. The van der Waals surface area contributed by atoms with Crippen LogP contribution in [0.15, 0.2) is 47.4 Å². The van der Waals surface area contributed by atoms with Gasteiger partial charge in [0, 0.05) is 45.2 Å². The first-order chi connectivity index (χ1) is 16.3. The maximum Gasteiger partial charge on any atom is 0.243 e. The van der Waals surface area contributed by atoms with E-state index in [1.54, 1.807) is 11.0 Å². The van der Waals surface area contributed by atoms with E-state index < -0.39 is 21.8 Å². The van der Waals surface area contributed by atoms with Crippen molar-refractivity contribution in [2.45, 2.75) is 11.3 Å². The highest BCUT2D eigenvalue weighted by Crippen LogP contribution is 2.32. The summed E-state index contributed by atoms with van der Waals surface area (Å²) in [4.78, 5) is 28.4. The Kier molecular flexibility index (Phi) is 6.76. The summed E-state index contributed by atoms with van der Waals surface area (Å²) in [7, 11) is -0.892. The Morgan fingerprint density at radius 1 is 1.00 bits per heavy atom. The monoisotopic (exact) mass is 491 g/mol. The Morgan fingerprint density at radius 3 is 2.32 bits per heavy atom. The van der Waals surface area contributed by atoms with Crippen molar-refractivity contribution >= 4 is 27.5 Å². The summed E-state index contributed by atoms with van der Waals surface area (Å²) in [6.07, 6.45) is -0.00266. The van der Waals surface area contributed by atoms with E-state index in [1.165, 1.54) is 59.8 Å². The molecule has 2 aromatic carbocycles. The number of methoxy groups -OCH3 is 2. The molecule has 9 nitrogen and oxygen atoms in total. The average molecular weight is 492 g/mol. The van der Waals surface area contributed by atoms with Gasteiger partial charge in [0.2, 0.25) is 21.8 Å². The molecule has 1 atom stereocenters. The predicted molar refractivity (Wildman–Crippen MR) is 122 cm³/mol. The van der Waals surface area contributed by atoms with Crippen LogP contribution in [0.3, 0.4) is 0 Å². The lowest BCUT2D eigenvalue weighted by Gasteiger charge is -2.35. The predicted octanol–water partition coefficient (Wildman–Crippen LogP) is 1.73. The van der Waals surface area contributed by atoms with Crippen LogP contribution in [0.1, 0.15) is 6.42 Å². The number of carbonyl (C=O) groups is 2. The van der Waals surface area contributed by atoms with Crippen LogP contribution in [0.4, 0.5) is 10.1 Å². The second-order valence-electron chi connectivity index (χ2n) is 8.10. The van der Waals surface area contributed by atoms with Crippen molar-refractivity contribution in [1.29, 1.82) is 0 Å². The number of hydrogen-bond donors (Lipinski definition) is 0. The Bertz CT molecular complexity index is 1200. The summed E-state index contributed by atoms with van der Waals surface area (Å²) < 4.78 is 52.0. The van der Waals surface area contributed by atoms with Gasteiger partial charge in [0.15, 0.2) is 11.5 Å². The Hall–Kier alpha value is -3.18. The second-order valence-corrected chi connectivity index (χ2v) is 10.0. The number of carbonyl (C=O) groups excluding carboxylic acids is 2. The van der Waals surface area contributed by atoms with E-state index in [9.17, 15) is 22.4 Å². The number of nitrogens with zero attached hydrogens (tertiary/aromatic N) is 3. The molecule has 1 unspecified atom stereocenters. The van der Waals surface area contributed by atoms with Crippen LogP contribution >= 0.6 is 0 Å². The molecule has 2 aromatic rings. The lowest BCUT2D eigenvalue weighted by atomic mass is 10.1. The van der Waals surface area contributed by atoms with Gasteiger partial charge in [0.05, 0.1) is 30.7 Å². The van der Waals surface area contributed by atoms with Crippen LogP contribution in [0.5, 0.6) is 11.5 Å². The molecule has 0 spiro atoms. The van der Waals surface area contributed by atoms with Crippen molar-refractivity contribution in [3.8, 4) is 11.5 Å². The molecule has 0 aliphatic carbocycles. The van der Waals surface area contributed by atoms with E-state index in [-0.39, 0.29) is 61.5 Å². The molecule has 0 radical (unpaired) electrons. The fourth-order valence-electron chi connectivity index (χ4n) is 4.31. The molecule has 2 saturated heterocycles. The Morgan fingerprint density at radius 2 is 1.68 bits per heavy atom. The van der Waals surface area contributed by atoms with Gasteiger partial charge in [-0.05, 0) is 24.3 Å². The third kappa shape index (κ3) is 4.45. The van der Waals surface area contributed by atoms with Gasteiger partial charge in [-0.3, -0.25) is 9.59 Å². The number of hydrogen-bond acceptors (Lipinski definition) is 6. The number of sulfonamides is 1. The standard InChI is InChI=1S/C23H26FN3O6S/c1-32-20-8-7-17(14-21(20)33-2)34(30,31)26-11-9-25(10-12-26)23(29)16-13-22(28)27(15-16)19-6-4-3-5-18(19)24/h3-8,14,16H,9-13,15H2,1-2H3. The zero-order valence-electron chi connectivity index (χ0n) is 18.9. The molecule has 2 fully saturated rings. The summed E-state index contributed by atoms with van der Waals surface area (Å²) >= 11 is 0. The van der Waals surface area contributed by atoms with Crippen LogP contribution in [-0.4, -0.2) is 76.4 Å². The molecule has 0 aromatic heterocycles. The Balaban J connectivity index is 1.40. The topological polar surface area (TPSA) is 96.5 Å². The van der Waals surface area contributed by atoms with Crippen molar-refractivity contribution in [1.82, 2.24) is 9.21 Å². The van der Waals surface area contributed by atoms with Crippen LogP contribution in [0.2, 0.25) is 0 Å². The van der Waals surface area contributed by atoms with Gasteiger partial charge in [-0.15, -0.1) is 0 Å². The minimum Gasteiger partial charge on any atom is -0.493 e. The number of piperazine rings is 1. The average Bonchev–Trinajstić information content (AvgIpc) is 3.24. The highest BCUT2D eigenvalue weighted by Gasteiger charge is 2.39. The van der Waals surface area contributed by atoms with Gasteiger partial charge in [0.1, 0.15) is 5.82 Å². The fourth-order valence-corrected chi connectivity index (χ4v) is 5.75. The molecular formula is C23H26FN3O6S. The van der Waals surface area contributed by atoms with E-state index in [2.05, 4.69) is 0 Å². The first-order valence-electron chi connectivity index (χ1n) is 10.8. The highest BCUT2D eigenvalue weighted by molar-refractivity contribution is 7.89. The van der Waals surface area contributed by atoms with Crippen molar-refractivity contribution in [3.63, 3.8) is 0 Å². The summed E-state index contributed by atoms with van der Waals surface area (Å²) in [6, 6.07) is 10.4. The number of amides is 2. The summed E-state index contributed by atoms with van der Waals surface area (Å²) in [5.74, 6) is -0.914. The maximum atomic E-state index is 14.1. The number of halogens is 1. The molecule has 182 valence electrons. The van der Waals surface area contributed by atoms with Gasteiger partial charge in [-0.25, -0.2) is 12.8 Å². The molecule has 2 aliphatic rings. The van der Waals surface area contributed by atoms with Gasteiger partial charge in [0.25, 0.3) is 0 Å². The fraction of sp³-hybridized carbons (Fsp3) is 0.391. The van der Waals surface area contributed by atoms with E-state index in [4.69, 9.17) is 9.47 Å². The van der Waals surface area contributed by atoms with Crippen LogP contribution < -0.4 is 14.4 Å². The van der Waals surface area contributed by atoms with Crippen molar-refractivity contribution in [3.05, 3.63) is 48.3 Å². The molecule has 4 rings (SSSR count). The third-order valence-electron chi connectivity index (χ3n) is 6.16. The minimum absolute atomic E-state index is 0.00266. The van der Waals surface area contributed by atoms with Crippen LogP contribution in [0.25, 0.3) is 0 Å². The summed E-state index contributed by atoms with van der Waals surface area (Å²) in [6.45, 7) is 0.758. The highest BCUT2D eigenvalue weighted by atomic mass is 32.2. The summed E-state index contributed by atoms with van der Waals surface area (Å²) in [5.41, 5.74) is 0.161. The van der Waals surface area contributed by atoms with Gasteiger partial charge < -0.3 is 19.3 Å². The largest absolute Gasteiger partial charge is 0.493 e. The maximum absolute atomic E-state index is 14.1. The van der Waals surface area contributed by atoms with E-state index in [1.807, 2.05) is 0 Å². The Labute approximate surface area is 197 Å². The number of benzene rings is 2. The second kappa shape index (κ2) is 9.59. The number of para-hydroxylation sites is 1. The lowest BCUT2D eigenvalue weighted by Crippen LogP contribution is -2.52. The van der Waals surface area contributed by atoms with Gasteiger partial charge >= 0.3 is 0 Å².